The summed E-state index contributed by atoms with van der Waals surface area (Å²) in [4.78, 5) is 0.237. The molecular formula is C14H22N2O4S. The second-order valence-corrected chi connectivity index (χ2v) is 6.78. The van der Waals surface area contributed by atoms with E-state index in [4.69, 9.17) is 9.47 Å². The second kappa shape index (κ2) is 7.22. The maximum atomic E-state index is 11.8. The van der Waals surface area contributed by atoms with Crippen LogP contribution in [0.5, 0.6) is 5.75 Å². The van der Waals surface area contributed by atoms with Gasteiger partial charge in [-0.05, 0) is 31.2 Å². The van der Waals surface area contributed by atoms with Crippen LogP contribution in [0, 0.1) is 0 Å². The van der Waals surface area contributed by atoms with Gasteiger partial charge >= 0.3 is 0 Å². The summed E-state index contributed by atoms with van der Waals surface area (Å²) in [5.41, 5.74) is 0. The molecule has 6 nitrogen and oxygen atoms in total. The van der Waals surface area contributed by atoms with Crippen LogP contribution >= 0.6 is 0 Å². The van der Waals surface area contributed by atoms with Crippen LogP contribution in [0.1, 0.15) is 13.8 Å². The summed E-state index contributed by atoms with van der Waals surface area (Å²) in [6.45, 7) is 6.18. The van der Waals surface area contributed by atoms with Gasteiger partial charge in [0.2, 0.25) is 10.0 Å². The SMILES string of the molecule is CCNS(=O)(=O)c1ccc(OCC2CNCC(C)O2)cc1. The highest BCUT2D eigenvalue weighted by molar-refractivity contribution is 7.89. The fourth-order valence-corrected chi connectivity index (χ4v) is 3.19. The molecule has 1 aromatic carbocycles. The van der Waals surface area contributed by atoms with Gasteiger partial charge in [-0.1, -0.05) is 6.92 Å². The van der Waals surface area contributed by atoms with Crippen LogP contribution in [-0.2, 0) is 14.8 Å². The van der Waals surface area contributed by atoms with E-state index in [1.54, 1.807) is 19.1 Å². The van der Waals surface area contributed by atoms with Crippen LogP contribution in [0.15, 0.2) is 29.2 Å². The number of hydrogen-bond acceptors (Lipinski definition) is 5. The molecule has 0 aromatic heterocycles. The van der Waals surface area contributed by atoms with Gasteiger partial charge in [-0.25, -0.2) is 13.1 Å². The summed E-state index contributed by atoms with van der Waals surface area (Å²) >= 11 is 0. The monoisotopic (exact) mass is 314 g/mol. The lowest BCUT2D eigenvalue weighted by molar-refractivity contribution is -0.0470. The van der Waals surface area contributed by atoms with Crippen LogP contribution in [0.25, 0.3) is 0 Å². The van der Waals surface area contributed by atoms with Gasteiger partial charge in [0.15, 0.2) is 0 Å². The average Bonchev–Trinajstić information content (AvgIpc) is 2.46. The Balaban J connectivity index is 1.90. The van der Waals surface area contributed by atoms with Crippen molar-refractivity contribution in [3.8, 4) is 5.75 Å². The Hall–Kier alpha value is -1.15. The smallest absolute Gasteiger partial charge is 0.240 e. The quantitative estimate of drug-likeness (QED) is 0.810. The minimum absolute atomic E-state index is 0.0129. The number of sulfonamides is 1. The molecule has 0 spiro atoms. The number of hydrogen-bond donors (Lipinski definition) is 2. The third-order valence-corrected chi connectivity index (χ3v) is 4.69. The summed E-state index contributed by atoms with van der Waals surface area (Å²) < 4.78 is 37.4. The third kappa shape index (κ3) is 4.67. The Labute approximate surface area is 125 Å². The van der Waals surface area contributed by atoms with Gasteiger partial charge in [-0.3, -0.25) is 0 Å². The lowest BCUT2D eigenvalue weighted by Gasteiger charge is -2.28. The molecule has 0 aliphatic carbocycles. The van der Waals surface area contributed by atoms with Crippen molar-refractivity contribution in [1.29, 1.82) is 0 Å². The van der Waals surface area contributed by atoms with Crippen LogP contribution in [0.3, 0.4) is 0 Å². The van der Waals surface area contributed by atoms with Crippen molar-refractivity contribution in [3.05, 3.63) is 24.3 Å². The molecule has 1 saturated heterocycles. The van der Waals surface area contributed by atoms with Crippen molar-refractivity contribution in [1.82, 2.24) is 10.0 Å². The van der Waals surface area contributed by atoms with Crippen LogP contribution in [-0.4, -0.2) is 46.9 Å². The van der Waals surface area contributed by atoms with Crippen LogP contribution in [0.2, 0.25) is 0 Å². The molecule has 2 unspecified atom stereocenters. The molecule has 2 atom stereocenters. The van der Waals surface area contributed by atoms with E-state index < -0.39 is 10.0 Å². The van der Waals surface area contributed by atoms with E-state index in [9.17, 15) is 8.42 Å². The van der Waals surface area contributed by atoms with E-state index in [0.29, 0.717) is 18.9 Å². The molecule has 2 rings (SSSR count). The highest BCUT2D eigenvalue weighted by Crippen LogP contribution is 2.16. The van der Waals surface area contributed by atoms with E-state index in [1.807, 2.05) is 6.92 Å². The maximum absolute atomic E-state index is 11.8. The Kier molecular flexibility index (Phi) is 5.58. The molecule has 7 heteroatoms. The van der Waals surface area contributed by atoms with Crippen molar-refractivity contribution in [3.63, 3.8) is 0 Å². The van der Waals surface area contributed by atoms with Gasteiger partial charge in [-0.15, -0.1) is 0 Å². The topological polar surface area (TPSA) is 76.7 Å². The van der Waals surface area contributed by atoms with Crippen molar-refractivity contribution in [2.75, 3.05) is 26.2 Å². The van der Waals surface area contributed by atoms with E-state index in [-0.39, 0.29) is 17.1 Å². The normalized spacial score (nSPS) is 23.0. The van der Waals surface area contributed by atoms with Crippen LogP contribution in [0.4, 0.5) is 0 Å². The van der Waals surface area contributed by atoms with Crippen molar-refractivity contribution in [2.24, 2.45) is 0 Å². The molecule has 0 radical (unpaired) electrons. The Morgan fingerprint density at radius 1 is 1.33 bits per heavy atom. The minimum Gasteiger partial charge on any atom is -0.491 e. The Bertz CT molecular complexity index is 545. The maximum Gasteiger partial charge on any atom is 0.240 e. The van der Waals surface area contributed by atoms with Crippen molar-refractivity contribution >= 4 is 10.0 Å². The van der Waals surface area contributed by atoms with Gasteiger partial charge in [0.1, 0.15) is 18.5 Å². The molecule has 1 heterocycles. The minimum atomic E-state index is -3.41. The third-order valence-electron chi connectivity index (χ3n) is 3.13. The molecule has 0 bridgehead atoms. The molecule has 1 aliphatic rings. The lowest BCUT2D eigenvalue weighted by Crippen LogP contribution is -2.45. The first-order valence-electron chi connectivity index (χ1n) is 7.10. The van der Waals surface area contributed by atoms with Gasteiger partial charge < -0.3 is 14.8 Å². The molecular weight excluding hydrogens is 292 g/mol. The summed E-state index contributed by atoms with van der Waals surface area (Å²) in [5.74, 6) is 0.632. The molecule has 1 fully saturated rings. The van der Waals surface area contributed by atoms with Gasteiger partial charge in [-0.2, -0.15) is 0 Å². The molecule has 0 amide bonds. The number of ether oxygens (including phenoxy) is 2. The largest absolute Gasteiger partial charge is 0.491 e. The van der Waals surface area contributed by atoms with E-state index in [0.717, 1.165) is 13.1 Å². The van der Waals surface area contributed by atoms with Gasteiger partial charge in [0.25, 0.3) is 0 Å². The lowest BCUT2D eigenvalue weighted by atomic mass is 10.2. The number of morpholine rings is 1. The molecule has 0 saturated carbocycles. The van der Waals surface area contributed by atoms with Crippen LogP contribution < -0.4 is 14.8 Å². The molecule has 118 valence electrons. The number of nitrogens with one attached hydrogen (secondary N) is 2. The highest BCUT2D eigenvalue weighted by atomic mass is 32.2. The number of benzene rings is 1. The summed E-state index contributed by atoms with van der Waals surface area (Å²) in [5, 5.41) is 3.27. The van der Waals surface area contributed by atoms with E-state index >= 15 is 0 Å². The summed E-state index contributed by atoms with van der Waals surface area (Å²) in [6.07, 6.45) is 0.193. The predicted octanol–water partition coefficient (Wildman–Crippen LogP) is 0.741. The predicted molar refractivity (Wildman–Crippen MR) is 80.0 cm³/mol. The Morgan fingerprint density at radius 3 is 2.67 bits per heavy atom. The van der Waals surface area contributed by atoms with E-state index in [1.165, 1.54) is 12.1 Å². The zero-order chi connectivity index (χ0) is 15.3. The van der Waals surface area contributed by atoms with Crippen molar-refractivity contribution in [2.45, 2.75) is 31.0 Å². The number of rotatable bonds is 6. The average molecular weight is 314 g/mol. The molecule has 1 aliphatic heterocycles. The molecule has 2 N–H and O–H groups in total. The van der Waals surface area contributed by atoms with Crippen molar-refractivity contribution < 1.29 is 17.9 Å². The highest BCUT2D eigenvalue weighted by Gasteiger charge is 2.19. The zero-order valence-electron chi connectivity index (χ0n) is 12.3. The van der Waals surface area contributed by atoms with Gasteiger partial charge in [0.05, 0.1) is 11.0 Å². The zero-order valence-corrected chi connectivity index (χ0v) is 13.2. The summed E-state index contributed by atoms with van der Waals surface area (Å²) in [6, 6.07) is 6.39. The van der Waals surface area contributed by atoms with Gasteiger partial charge in [0, 0.05) is 19.6 Å². The first kappa shape index (κ1) is 16.2. The fraction of sp³-hybridized carbons (Fsp3) is 0.571. The first-order chi connectivity index (χ1) is 10.0. The second-order valence-electron chi connectivity index (χ2n) is 5.01. The van der Waals surface area contributed by atoms with E-state index in [2.05, 4.69) is 10.0 Å². The Morgan fingerprint density at radius 2 is 2.05 bits per heavy atom. The molecule has 21 heavy (non-hydrogen) atoms. The first-order valence-corrected chi connectivity index (χ1v) is 8.58. The standard InChI is InChI=1S/C14H22N2O4S/c1-3-16-21(17,18)14-6-4-12(5-7-14)19-10-13-9-15-8-11(2)20-13/h4-7,11,13,15-16H,3,8-10H2,1-2H3. The molecule has 1 aromatic rings. The fourth-order valence-electron chi connectivity index (χ4n) is 2.15. The summed E-state index contributed by atoms with van der Waals surface area (Å²) in [7, 11) is -3.41.